The number of carboxylic acid groups (broad SMARTS) is 1. The highest BCUT2D eigenvalue weighted by molar-refractivity contribution is 5.99. The van der Waals surface area contributed by atoms with E-state index in [1.54, 1.807) is 4.90 Å². The van der Waals surface area contributed by atoms with E-state index in [0.29, 0.717) is 18.7 Å². The molecule has 154 valence electrons. The van der Waals surface area contributed by atoms with E-state index in [0.717, 1.165) is 52.8 Å². The number of carbonyl (C=O) groups is 1. The molecule has 3 aromatic rings. The normalized spacial score (nSPS) is 16.4. The molecule has 4 rings (SSSR count). The topological polar surface area (TPSA) is 83.4 Å². The van der Waals surface area contributed by atoms with Crippen LogP contribution in [-0.4, -0.2) is 40.2 Å². The molecule has 6 nitrogen and oxygen atoms in total. The van der Waals surface area contributed by atoms with Gasteiger partial charge in [0.25, 0.3) is 0 Å². The van der Waals surface area contributed by atoms with Gasteiger partial charge >= 0.3 is 6.09 Å². The fraction of sp³-hybridized carbons (Fsp3) is 0.333. The van der Waals surface area contributed by atoms with Gasteiger partial charge in [0.2, 0.25) is 0 Å². The average molecular weight is 402 g/mol. The predicted octanol–water partition coefficient (Wildman–Crippen LogP) is 4.81. The lowest BCUT2D eigenvalue weighted by atomic mass is 10.00. The third-order valence-electron chi connectivity index (χ3n) is 6.17. The van der Waals surface area contributed by atoms with Crippen LogP contribution in [0.25, 0.3) is 10.9 Å². The molecule has 2 aromatic carbocycles. The number of piperidine rings is 1. The lowest BCUT2D eigenvalue weighted by Crippen LogP contribution is -2.49. The Morgan fingerprint density at radius 3 is 2.73 bits per heavy atom. The molecule has 2 N–H and O–H groups in total. The quantitative estimate of drug-likeness (QED) is 0.656. The van der Waals surface area contributed by atoms with E-state index in [9.17, 15) is 15.2 Å². The van der Waals surface area contributed by atoms with Crippen LogP contribution in [0.1, 0.15) is 35.2 Å². The Morgan fingerprint density at radius 2 is 2.03 bits per heavy atom. The molecular weight excluding hydrogens is 376 g/mol. The van der Waals surface area contributed by atoms with E-state index < -0.39 is 6.09 Å². The van der Waals surface area contributed by atoms with E-state index in [2.05, 4.69) is 22.9 Å². The van der Waals surface area contributed by atoms with Gasteiger partial charge < -0.3 is 15.0 Å². The van der Waals surface area contributed by atoms with Crippen LogP contribution in [0.3, 0.4) is 0 Å². The van der Waals surface area contributed by atoms with Crippen LogP contribution in [0.4, 0.5) is 10.5 Å². The van der Waals surface area contributed by atoms with Crippen molar-refractivity contribution in [1.29, 1.82) is 5.26 Å². The third-order valence-corrected chi connectivity index (χ3v) is 6.17. The van der Waals surface area contributed by atoms with Gasteiger partial charge in [0.15, 0.2) is 0 Å². The highest BCUT2D eigenvalue weighted by Gasteiger charge is 2.30. The standard InChI is InChI=1S/C24H26N4O2/c1-16-17(2)26-23-19(13-25)10-11-21(22(16)23)27-12-6-9-20(15-27)28(24(29)30)14-18-7-4-3-5-8-18/h3-5,7-8,10-11,20,26H,6,9,12,14-15H2,1-2H3,(H,29,30). The summed E-state index contributed by atoms with van der Waals surface area (Å²) in [5.74, 6) is 0. The van der Waals surface area contributed by atoms with Gasteiger partial charge in [-0.25, -0.2) is 4.79 Å². The minimum absolute atomic E-state index is 0.0810. The van der Waals surface area contributed by atoms with Crippen LogP contribution < -0.4 is 4.90 Å². The van der Waals surface area contributed by atoms with Crippen LogP contribution >= 0.6 is 0 Å². The van der Waals surface area contributed by atoms with E-state index in [4.69, 9.17) is 0 Å². The first-order valence-electron chi connectivity index (χ1n) is 10.3. The Bertz CT molecular complexity index is 1110. The van der Waals surface area contributed by atoms with Crippen molar-refractivity contribution in [3.8, 4) is 6.07 Å². The number of aromatic amines is 1. The minimum Gasteiger partial charge on any atom is -0.465 e. The first-order valence-corrected chi connectivity index (χ1v) is 10.3. The van der Waals surface area contributed by atoms with Crippen molar-refractivity contribution >= 4 is 22.7 Å². The Labute approximate surface area is 176 Å². The summed E-state index contributed by atoms with van der Waals surface area (Å²) in [5.41, 5.74) is 5.76. The highest BCUT2D eigenvalue weighted by atomic mass is 16.4. The van der Waals surface area contributed by atoms with E-state index in [1.807, 2.05) is 49.4 Å². The SMILES string of the molecule is Cc1[nH]c2c(C#N)ccc(N3CCCC(N(Cc4ccccc4)C(=O)O)C3)c2c1C. The molecule has 0 radical (unpaired) electrons. The fourth-order valence-electron chi connectivity index (χ4n) is 4.49. The van der Waals surface area contributed by atoms with Crippen LogP contribution in [0.15, 0.2) is 42.5 Å². The molecule has 1 unspecified atom stereocenters. The van der Waals surface area contributed by atoms with Gasteiger partial charge in [0, 0.05) is 36.4 Å². The smallest absolute Gasteiger partial charge is 0.407 e. The molecule has 0 bridgehead atoms. The van der Waals surface area contributed by atoms with Gasteiger partial charge in [-0.05, 0) is 49.9 Å². The number of benzene rings is 2. The fourth-order valence-corrected chi connectivity index (χ4v) is 4.49. The average Bonchev–Trinajstić information content (AvgIpc) is 3.06. The number of nitriles is 1. The van der Waals surface area contributed by atoms with Gasteiger partial charge in [0.05, 0.1) is 17.1 Å². The second-order valence-electron chi connectivity index (χ2n) is 8.01. The van der Waals surface area contributed by atoms with Crippen LogP contribution in [0, 0.1) is 25.2 Å². The maximum absolute atomic E-state index is 12.1. The Kier molecular flexibility index (Phi) is 5.37. The lowest BCUT2D eigenvalue weighted by molar-refractivity contribution is 0.114. The zero-order valence-electron chi connectivity index (χ0n) is 17.4. The lowest BCUT2D eigenvalue weighted by Gasteiger charge is -2.39. The number of amides is 1. The second-order valence-corrected chi connectivity index (χ2v) is 8.01. The molecule has 30 heavy (non-hydrogen) atoms. The molecule has 1 saturated heterocycles. The largest absolute Gasteiger partial charge is 0.465 e. The van der Waals surface area contributed by atoms with Crippen molar-refractivity contribution < 1.29 is 9.90 Å². The predicted molar refractivity (Wildman–Crippen MR) is 118 cm³/mol. The number of rotatable bonds is 4. The second kappa shape index (κ2) is 8.11. The summed E-state index contributed by atoms with van der Waals surface area (Å²) < 4.78 is 0. The van der Waals surface area contributed by atoms with Gasteiger partial charge in [-0.15, -0.1) is 0 Å². The number of nitrogens with zero attached hydrogens (tertiary/aromatic N) is 3. The van der Waals surface area contributed by atoms with Crippen LogP contribution in [0.2, 0.25) is 0 Å². The van der Waals surface area contributed by atoms with Crippen molar-refractivity contribution in [1.82, 2.24) is 9.88 Å². The number of aryl methyl sites for hydroxylation is 2. The highest BCUT2D eigenvalue weighted by Crippen LogP contribution is 2.35. The number of anilines is 1. The summed E-state index contributed by atoms with van der Waals surface area (Å²) in [6.45, 7) is 5.99. The summed E-state index contributed by atoms with van der Waals surface area (Å²) >= 11 is 0. The van der Waals surface area contributed by atoms with E-state index in [-0.39, 0.29) is 6.04 Å². The third kappa shape index (κ3) is 3.59. The summed E-state index contributed by atoms with van der Waals surface area (Å²) in [4.78, 5) is 19.3. The molecule has 1 atom stereocenters. The summed E-state index contributed by atoms with van der Waals surface area (Å²) in [5, 5.41) is 20.5. The minimum atomic E-state index is -0.885. The number of H-pyrrole nitrogens is 1. The molecule has 2 heterocycles. The summed E-state index contributed by atoms with van der Waals surface area (Å²) in [6.07, 6.45) is 0.886. The van der Waals surface area contributed by atoms with Gasteiger partial charge in [-0.2, -0.15) is 5.26 Å². The Morgan fingerprint density at radius 1 is 1.27 bits per heavy atom. The van der Waals surface area contributed by atoms with Gasteiger partial charge in [-0.3, -0.25) is 4.90 Å². The number of hydrogen-bond acceptors (Lipinski definition) is 3. The Balaban J connectivity index is 1.66. The molecule has 6 heteroatoms. The van der Waals surface area contributed by atoms with Crippen molar-refractivity contribution in [3.05, 3.63) is 64.8 Å². The zero-order chi connectivity index (χ0) is 21.3. The summed E-state index contributed by atoms with van der Waals surface area (Å²) in [7, 11) is 0. The van der Waals surface area contributed by atoms with Crippen molar-refractivity contribution in [2.24, 2.45) is 0 Å². The summed E-state index contributed by atoms with van der Waals surface area (Å²) in [6, 6.07) is 15.8. The van der Waals surface area contributed by atoms with Crippen molar-refractivity contribution in [2.75, 3.05) is 18.0 Å². The molecule has 1 fully saturated rings. The molecule has 1 aliphatic heterocycles. The molecule has 0 aliphatic carbocycles. The Hall–Kier alpha value is -3.46. The molecule has 1 amide bonds. The molecule has 0 spiro atoms. The monoisotopic (exact) mass is 402 g/mol. The molecule has 0 saturated carbocycles. The molecule has 1 aromatic heterocycles. The number of hydrogen-bond donors (Lipinski definition) is 2. The maximum Gasteiger partial charge on any atom is 0.407 e. The van der Waals surface area contributed by atoms with Crippen molar-refractivity contribution in [2.45, 2.75) is 39.3 Å². The van der Waals surface area contributed by atoms with Crippen molar-refractivity contribution in [3.63, 3.8) is 0 Å². The van der Waals surface area contributed by atoms with E-state index in [1.165, 1.54) is 0 Å². The molecule has 1 aliphatic rings. The first-order chi connectivity index (χ1) is 14.5. The number of nitrogens with one attached hydrogen (secondary N) is 1. The van der Waals surface area contributed by atoms with Crippen LogP contribution in [0.5, 0.6) is 0 Å². The zero-order valence-corrected chi connectivity index (χ0v) is 17.4. The first kappa shape index (κ1) is 19.8. The maximum atomic E-state index is 12.1. The molecular formula is C24H26N4O2. The van der Waals surface area contributed by atoms with Gasteiger partial charge in [-0.1, -0.05) is 30.3 Å². The van der Waals surface area contributed by atoms with Crippen LogP contribution in [-0.2, 0) is 6.54 Å². The number of fused-ring (bicyclic) bond motifs is 1. The van der Waals surface area contributed by atoms with Gasteiger partial charge in [0.1, 0.15) is 6.07 Å². The number of aromatic nitrogens is 1. The van der Waals surface area contributed by atoms with E-state index >= 15 is 0 Å².